The van der Waals surface area contributed by atoms with Crippen LogP contribution in [0.1, 0.15) is 12.7 Å². The molecule has 7 aromatic carbocycles. The maximum Gasteiger partial charge on any atom is 0.114 e. The Hall–Kier alpha value is -5.47. The molecule has 0 amide bonds. The van der Waals surface area contributed by atoms with Crippen molar-refractivity contribution in [3.63, 3.8) is 0 Å². The number of benzene rings is 7. The molecule has 0 unspecified atom stereocenters. The summed E-state index contributed by atoms with van der Waals surface area (Å²) in [4.78, 5) is 5.08. The van der Waals surface area contributed by atoms with Crippen LogP contribution in [0, 0.1) is 0 Å². The van der Waals surface area contributed by atoms with E-state index in [-0.39, 0.29) is 0 Å². The van der Waals surface area contributed by atoms with Crippen molar-refractivity contribution in [3.8, 4) is 39.1 Å². The first kappa shape index (κ1) is 25.3. The summed E-state index contributed by atoms with van der Waals surface area (Å²) in [6.07, 6.45) is 0.841. The third kappa shape index (κ3) is 4.23. The van der Waals surface area contributed by atoms with Gasteiger partial charge >= 0.3 is 0 Å². The lowest BCUT2D eigenvalue weighted by molar-refractivity contribution is 0.917. The van der Waals surface area contributed by atoms with Crippen LogP contribution < -0.4 is 0 Å². The minimum Gasteiger partial charge on any atom is -0.295 e. The van der Waals surface area contributed by atoms with E-state index in [1.807, 2.05) is 0 Å². The van der Waals surface area contributed by atoms with Crippen LogP contribution in [0.4, 0.5) is 0 Å². The summed E-state index contributed by atoms with van der Waals surface area (Å²) in [5, 5.41) is 4.91. The highest BCUT2D eigenvalue weighted by molar-refractivity contribution is 6.19. The topological polar surface area (TPSA) is 17.8 Å². The van der Waals surface area contributed by atoms with Crippen LogP contribution in [0.15, 0.2) is 152 Å². The van der Waals surface area contributed by atoms with Gasteiger partial charge in [0.05, 0.1) is 16.7 Å². The number of fused-ring (bicyclic) bond motifs is 3. The fraction of sp³-hybridized carbons (Fsp3) is 0.0488. The van der Waals surface area contributed by atoms with Crippen molar-refractivity contribution in [3.05, 3.63) is 157 Å². The minimum absolute atomic E-state index is 0.841. The molecule has 8 rings (SSSR count). The first-order chi connectivity index (χ1) is 21.3. The van der Waals surface area contributed by atoms with E-state index >= 15 is 0 Å². The molecule has 0 aliphatic heterocycles. The molecule has 0 saturated carbocycles. The number of imidazole rings is 1. The zero-order valence-electron chi connectivity index (χ0n) is 24.0. The summed E-state index contributed by atoms with van der Waals surface area (Å²) in [6.45, 7) is 2.19. The molecule has 2 nitrogen and oxygen atoms in total. The highest BCUT2D eigenvalue weighted by atomic mass is 15.1. The molecule has 0 N–H and O–H groups in total. The molecule has 0 saturated heterocycles. The monoisotopic (exact) mass is 550 g/mol. The van der Waals surface area contributed by atoms with Gasteiger partial charge in [0, 0.05) is 17.2 Å². The van der Waals surface area contributed by atoms with Gasteiger partial charge < -0.3 is 0 Å². The first-order valence-electron chi connectivity index (χ1n) is 15.0. The van der Waals surface area contributed by atoms with Crippen molar-refractivity contribution >= 4 is 32.6 Å². The van der Waals surface area contributed by atoms with Crippen LogP contribution >= 0.6 is 0 Å². The second kappa shape index (κ2) is 10.4. The van der Waals surface area contributed by atoms with Crippen LogP contribution in [-0.2, 0) is 6.42 Å². The van der Waals surface area contributed by atoms with Gasteiger partial charge in [0.2, 0.25) is 0 Å². The van der Waals surface area contributed by atoms with Gasteiger partial charge in [0.25, 0.3) is 0 Å². The first-order valence-corrected chi connectivity index (χ1v) is 15.0. The van der Waals surface area contributed by atoms with Crippen LogP contribution in [-0.4, -0.2) is 9.55 Å². The molecule has 0 atom stereocenters. The standard InChI is InChI=1S/C41H30N2/c1-2-39-42-37-22-11-12-23-38(37)43(39)41-34-21-10-9-20-33(34)40(32-19-13-18-30(26-32)28-14-5-3-6-15-28)36-27-31(24-25-35(36)41)29-16-7-4-8-17-29/h3-27H,2H2,1H3. The van der Waals surface area contributed by atoms with Gasteiger partial charge in [-0.2, -0.15) is 0 Å². The fourth-order valence-corrected chi connectivity index (χ4v) is 6.56. The van der Waals surface area contributed by atoms with Crippen LogP contribution in [0.2, 0.25) is 0 Å². The summed E-state index contributed by atoms with van der Waals surface area (Å²) >= 11 is 0. The lowest BCUT2D eigenvalue weighted by Gasteiger charge is -2.21. The Labute approximate surface area is 251 Å². The molecule has 8 aromatic rings. The summed E-state index contributed by atoms with van der Waals surface area (Å²) in [7, 11) is 0. The van der Waals surface area contributed by atoms with Crippen molar-refractivity contribution in [1.29, 1.82) is 0 Å². The van der Waals surface area contributed by atoms with Crippen molar-refractivity contribution < 1.29 is 0 Å². The number of hydrogen-bond donors (Lipinski definition) is 0. The molecule has 0 aliphatic rings. The molecule has 0 radical (unpaired) electrons. The second-order valence-corrected chi connectivity index (χ2v) is 11.0. The third-order valence-electron chi connectivity index (χ3n) is 8.53. The van der Waals surface area contributed by atoms with Gasteiger partial charge in [-0.3, -0.25) is 4.57 Å². The third-order valence-corrected chi connectivity index (χ3v) is 8.53. The predicted octanol–water partition coefficient (Wildman–Crippen LogP) is 10.9. The normalized spacial score (nSPS) is 11.5. The number of hydrogen-bond acceptors (Lipinski definition) is 1. The molecule has 0 fully saturated rings. The Balaban J connectivity index is 1.52. The SMILES string of the molecule is CCc1nc2ccccc2n1-c1c2ccccc2c(-c2cccc(-c3ccccc3)c2)c2cc(-c3ccccc3)ccc12. The number of aryl methyl sites for hydroxylation is 1. The van der Waals surface area contributed by atoms with Gasteiger partial charge in [-0.1, -0.05) is 134 Å². The number of para-hydroxylation sites is 2. The summed E-state index contributed by atoms with van der Waals surface area (Å²) in [5.74, 6) is 1.07. The Kier molecular flexibility index (Phi) is 6.12. The lowest BCUT2D eigenvalue weighted by Crippen LogP contribution is -2.03. The Morgan fingerprint density at radius 1 is 0.465 bits per heavy atom. The average Bonchev–Trinajstić information content (AvgIpc) is 3.46. The second-order valence-electron chi connectivity index (χ2n) is 11.0. The number of nitrogens with zero attached hydrogens (tertiary/aromatic N) is 2. The molecule has 204 valence electrons. The maximum absolute atomic E-state index is 5.08. The Bertz CT molecular complexity index is 2260. The van der Waals surface area contributed by atoms with E-state index in [0.29, 0.717) is 0 Å². The summed E-state index contributed by atoms with van der Waals surface area (Å²) in [5.41, 5.74) is 10.7. The summed E-state index contributed by atoms with van der Waals surface area (Å²) < 4.78 is 2.40. The molecule has 2 heteroatoms. The summed E-state index contributed by atoms with van der Waals surface area (Å²) in [6, 6.07) is 54.7. The van der Waals surface area contributed by atoms with Crippen LogP contribution in [0.25, 0.3) is 71.6 Å². The molecule has 43 heavy (non-hydrogen) atoms. The van der Waals surface area contributed by atoms with E-state index in [9.17, 15) is 0 Å². The van der Waals surface area contributed by atoms with Crippen molar-refractivity contribution in [1.82, 2.24) is 9.55 Å². The molecule has 0 bridgehead atoms. The van der Waals surface area contributed by atoms with Crippen LogP contribution in [0.5, 0.6) is 0 Å². The van der Waals surface area contributed by atoms with E-state index in [4.69, 9.17) is 4.98 Å². The van der Waals surface area contributed by atoms with E-state index in [0.717, 1.165) is 23.3 Å². The van der Waals surface area contributed by atoms with Gasteiger partial charge in [0.1, 0.15) is 5.82 Å². The molecular weight excluding hydrogens is 520 g/mol. The zero-order chi connectivity index (χ0) is 28.8. The molecule has 1 heterocycles. The molecular formula is C41H30N2. The van der Waals surface area contributed by atoms with Crippen molar-refractivity contribution in [2.75, 3.05) is 0 Å². The van der Waals surface area contributed by atoms with E-state index < -0.39 is 0 Å². The number of rotatable bonds is 5. The van der Waals surface area contributed by atoms with Gasteiger partial charge in [-0.15, -0.1) is 0 Å². The van der Waals surface area contributed by atoms with Gasteiger partial charge in [-0.05, 0) is 68.4 Å². The Morgan fingerprint density at radius 2 is 1.05 bits per heavy atom. The van der Waals surface area contributed by atoms with Crippen molar-refractivity contribution in [2.45, 2.75) is 13.3 Å². The highest BCUT2D eigenvalue weighted by Gasteiger charge is 2.21. The minimum atomic E-state index is 0.841. The van der Waals surface area contributed by atoms with Gasteiger partial charge in [0.15, 0.2) is 0 Å². The number of aromatic nitrogens is 2. The molecule has 0 aliphatic carbocycles. The maximum atomic E-state index is 5.08. The predicted molar refractivity (Wildman–Crippen MR) is 182 cm³/mol. The van der Waals surface area contributed by atoms with E-state index in [1.165, 1.54) is 60.6 Å². The highest BCUT2D eigenvalue weighted by Crippen LogP contribution is 2.44. The average molecular weight is 551 g/mol. The fourth-order valence-electron chi connectivity index (χ4n) is 6.56. The zero-order valence-corrected chi connectivity index (χ0v) is 24.0. The molecule has 1 aromatic heterocycles. The van der Waals surface area contributed by atoms with E-state index in [1.54, 1.807) is 0 Å². The smallest absolute Gasteiger partial charge is 0.114 e. The van der Waals surface area contributed by atoms with Crippen LogP contribution in [0.3, 0.4) is 0 Å². The van der Waals surface area contributed by atoms with Gasteiger partial charge in [-0.25, -0.2) is 4.98 Å². The lowest BCUT2D eigenvalue weighted by atomic mass is 9.87. The quantitative estimate of drug-likeness (QED) is 0.195. The largest absolute Gasteiger partial charge is 0.295 e. The van der Waals surface area contributed by atoms with Crippen molar-refractivity contribution in [2.24, 2.45) is 0 Å². The molecule has 0 spiro atoms. The Morgan fingerprint density at radius 3 is 1.79 bits per heavy atom. The van der Waals surface area contributed by atoms with E-state index in [2.05, 4.69) is 163 Å².